The summed E-state index contributed by atoms with van der Waals surface area (Å²) in [4.78, 5) is 16.1. The molecule has 0 aliphatic carbocycles. The number of methoxy groups -OCH3 is 1. The first-order valence-corrected chi connectivity index (χ1v) is 7.78. The number of aryl methyl sites for hydroxylation is 1. The monoisotopic (exact) mass is 334 g/mol. The number of nitrogens with zero attached hydrogens (tertiary/aromatic N) is 2. The molecule has 25 heavy (non-hydrogen) atoms. The molecule has 0 radical (unpaired) electrons. The van der Waals surface area contributed by atoms with Crippen LogP contribution in [0.4, 0.5) is 5.69 Å². The zero-order valence-electron chi connectivity index (χ0n) is 14.0. The second-order valence-corrected chi connectivity index (χ2v) is 5.57. The number of ether oxygens (including phenoxy) is 1. The van der Waals surface area contributed by atoms with Crippen molar-refractivity contribution in [1.29, 1.82) is 0 Å². The lowest BCUT2D eigenvalue weighted by Crippen LogP contribution is -2.01. The molecule has 5 nitrogen and oxygen atoms in total. The molecule has 0 bridgehead atoms. The highest BCUT2D eigenvalue weighted by molar-refractivity contribution is 5.90. The lowest BCUT2D eigenvalue weighted by molar-refractivity contribution is 0.0600. The Hall–Kier alpha value is -3.34. The normalized spacial score (nSPS) is 11.0. The van der Waals surface area contributed by atoms with Gasteiger partial charge in [-0.05, 0) is 67.1 Å². The summed E-state index contributed by atoms with van der Waals surface area (Å²) in [5.41, 5.74) is 4.02. The van der Waals surface area contributed by atoms with Gasteiger partial charge in [-0.25, -0.2) is 4.79 Å². The Morgan fingerprint density at radius 1 is 1.16 bits per heavy atom. The number of carbonyl (C=O) groups excluding carboxylic acids is 1. The largest absolute Gasteiger partial charge is 0.508 e. The van der Waals surface area contributed by atoms with E-state index in [0.29, 0.717) is 5.56 Å². The number of aromatic nitrogens is 1. The van der Waals surface area contributed by atoms with E-state index in [1.807, 2.05) is 42.0 Å². The van der Waals surface area contributed by atoms with Crippen molar-refractivity contribution in [3.8, 4) is 11.4 Å². The van der Waals surface area contributed by atoms with E-state index in [2.05, 4.69) is 4.99 Å². The van der Waals surface area contributed by atoms with Crippen LogP contribution in [-0.4, -0.2) is 29.0 Å². The van der Waals surface area contributed by atoms with Gasteiger partial charge in [-0.1, -0.05) is 0 Å². The van der Waals surface area contributed by atoms with E-state index in [-0.39, 0.29) is 11.7 Å². The van der Waals surface area contributed by atoms with Crippen molar-refractivity contribution in [2.24, 2.45) is 4.99 Å². The maximum atomic E-state index is 11.6. The van der Waals surface area contributed by atoms with Crippen molar-refractivity contribution < 1.29 is 14.6 Å². The summed E-state index contributed by atoms with van der Waals surface area (Å²) in [5.74, 6) is -0.132. The molecule has 0 amide bonds. The minimum absolute atomic E-state index is 0.229. The van der Waals surface area contributed by atoms with Gasteiger partial charge in [0.05, 0.1) is 30.3 Å². The van der Waals surface area contributed by atoms with Crippen molar-refractivity contribution >= 4 is 17.9 Å². The average molecular weight is 334 g/mol. The summed E-state index contributed by atoms with van der Waals surface area (Å²) in [7, 11) is 1.36. The minimum Gasteiger partial charge on any atom is -0.508 e. The molecule has 0 aliphatic rings. The Bertz CT molecular complexity index is 924. The standard InChI is InChI=1S/C20H18N2O3/c1-14-12-15(20(24)25-2)5-10-19(14)21-13-17-4-3-11-22(17)16-6-8-18(23)9-7-16/h3-13,23H,1-2H3. The van der Waals surface area contributed by atoms with Crippen LogP contribution in [0.1, 0.15) is 21.6 Å². The molecule has 0 unspecified atom stereocenters. The van der Waals surface area contributed by atoms with Gasteiger partial charge in [-0.3, -0.25) is 4.99 Å². The maximum absolute atomic E-state index is 11.6. The van der Waals surface area contributed by atoms with Crippen LogP contribution in [0.2, 0.25) is 0 Å². The molecule has 0 aliphatic heterocycles. The molecule has 2 aromatic carbocycles. The molecule has 0 saturated heterocycles. The van der Waals surface area contributed by atoms with Crippen molar-refractivity contribution in [2.45, 2.75) is 6.92 Å². The Balaban J connectivity index is 1.87. The van der Waals surface area contributed by atoms with Gasteiger partial charge in [-0.2, -0.15) is 0 Å². The molecular formula is C20H18N2O3. The van der Waals surface area contributed by atoms with Gasteiger partial charge in [0.25, 0.3) is 0 Å². The average Bonchev–Trinajstić information content (AvgIpc) is 3.09. The van der Waals surface area contributed by atoms with Gasteiger partial charge in [0.15, 0.2) is 0 Å². The second-order valence-electron chi connectivity index (χ2n) is 5.57. The van der Waals surface area contributed by atoms with Gasteiger partial charge in [-0.15, -0.1) is 0 Å². The lowest BCUT2D eigenvalue weighted by Gasteiger charge is -2.07. The number of hydrogen-bond donors (Lipinski definition) is 1. The lowest BCUT2D eigenvalue weighted by atomic mass is 10.1. The van der Waals surface area contributed by atoms with Crippen LogP contribution in [0, 0.1) is 6.92 Å². The Morgan fingerprint density at radius 3 is 2.60 bits per heavy atom. The quantitative estimate of drug-likeness (QED) is 0.579. The number of rotatable bonds is 4. The number of phenolic OH excluding ortho intramolecular Hbond substituents is 1. The van der Waals surface area contributed by atoms with Crippen LogP contribution in [0.5, 0.6) is 5.75 Å². The van der Waals surface area contributed by atoms with Crippen LogP contribution >= 0.6 is 0 Å². The van der Waals surface area contributed by atoms with Crippen LogP contribution in [-0.2, 0) is 4.74 Å². The van der Waals surface area contributed by atoms with Gasteiger partial charge >= 0.3 is 5.97 Å². The second kappa shape index (κ2) is 7.05. The summed E-state index contributed by atoms with van der Waals surface area (Å²) in [6.07, 6.45) is 3.70. The zero-order valence-corrected chi connectivity index (χ0v) is 14.0. The molecule has 0 fully saturated rings. The Morgan fingerprint density at radius 2 is 1.92 bits per heavy atom. The number of hydrogen-bond acceptors (Lipinski definition) is 4. The molecule has 1 aromatic heterocycles. The van der Waals surface area contributed by atoms with Gasteiger partial charge in [0, 0.05) is 11.9 Å². The molecule has 1 heterocycles. The van der Waals surface area contributed by atoms with Gasteiger partial charge < -0.3 is 14.4 Å². The number of phenols is 1. The highest BCUT2D eigenvalue weighted by Gasteiger charge is 2.07. The molecule has 5 heteroatoms. The SMILES string of the molecule is COC(=O)c1ccc(N=Cc2cccn2-c2ccc(O)cc2)c(C)c1. The predicted molar refractivity (Wildman–Crippen MR) is 97.2 cm³/mol. The van der Waals surface area contributed by atoms with E-state index < -0.39 is 0 Å². The van der Waals surface area contributed by atoms with E-state index in [1.165, 1.54) is 7.11 Å². The molecule has 126 valence electrons. The molecule has 0 spiro atoms. The third-order valence-electron chi connectivity index (χ3n) is 3.86. The van der Waals surface area contributed by atoms with Crippen molar-refractivity contribution in [1.82, 2.24) is 4.57 Å². The number of esters is 1. The highest BCUT2D eigenvalue weighted by atomic mass is 16.5. The molecule has 1 N–H and O–H groups in total. The smallest absolute Gasteiger partial charge is 0.337 e. The van der Waals surface area contributed by atoms with E-state index >= 15 is 0 Å². The molecule has 3 rings (SSSR count). The fourth-order valence-corrected chi connectivity index (χ4v) is 2.53. The van der Waals surface area contributed by atoms with Crippen molar-refractivity contribution in [3.05, 3.63) is 77.6 Å². The van der Waals surface area contributed by atoms with Crippen molar-refractivity contribution in [2.75, 3.05) is 7.11 Å². The maximum Gasteiger partial charge on any atom is 0.337 e. The first kappa shape index (κ1) is 16.5. The Kier molecular flexibility index (Phi) is 4.66. The topological polar surface area (TPSA) is 63.8 Å². The van der Waals surface area contributed by atoms with Crippen LogP contribution in [0.3, 0.4) is 0 Å². The molecule has 3 aromatic rings. The van der Waals surface area contributed by atoms with Gasteiger partial charge in [0.2, 0.25) is 0 Å². The molecule has 0 saturated carbocycles. The summed E-state index contributed by atoms with van der Waals surface area (Å²) in [6.45, 7) is 1.90. The zero-order chi connectivity index (χ0) is 17.8. The summed E-state index contributed by atoms with van der Waals surface area (Å²) in [5, 5.41) is 9.42. The fraction of sp³-hybridized carbons (Fsp3) is 0.100. The van der Waals surface area contributed by atoms with Crippen molar-refractivity contribution in [3.63, 3.8) is 0 Å². The van der Waals surface area contributed by atoms with Crippen LogP contribution in [0.15, 0.2) is 65.8 Å². The van der Waals surface area contributed by atoms with E-state index in [9.17, 15) is 9.90 Å². The van der Waals surface area contributed by atoms with E-state index in [0.717, 1.165) is 22.6 Å². The minimum atomic E-state index is -0.361. The highest BCUT2D eigenvalue weighted by Crippen LogP contribution is 2.21. The van der Waals surface area contributed by atoms with Crippen LogP contribution < -0.4 is 0 Å². The third-order valence-corrected chi connectivity index (χ3v) is 3.86. The summed E-state index contributed by atoms with van der Waals surface area (Å²) >= 11 is 0. The fourth-order valence-electron chi connectivity index (χ4n) is 2.53. The number of aromatic hydroxyl groups is 1. The molecular weight excluding hydrogens is 316 g/mol. The van der Waals surface area contributed by atoms with E-state index in [1.54, 1.807) is 36.5 Å². The number of benzene rings is 2. The first-order chi connectivity index (χ1) is 12.1. The number of aliphatic imine (C=N–C) groups is 1. The predicted octanol–water partition coefficient (Wildman–Crippen LogP) is 4.03. The summed E-state index contributed by atoms with van der Waals surface area (Å²) < 4.78 is 6.70. The van der Waals surface area contributed by atoms with Crippen LogP contribution in [0.25, 0.3) is 5.69 Å². The summed E-state index contributed by atoms with van der Waals surface area (Å²) in [6, 6.07) is 16.1. The van der Waals surface area contributed by atoms with E-state index in [4.69, 9.17) is 4.74 Å². The third kappa shape index (κ3) is 3.61. The number of carbonyl (C=O) groups is 1. The van der Waals surface area contributed by atoms with Gasteiger partial charge in [0.1, 0.15) is 5.75 Å². The molecule has 0 atom stereocenters. The Labute approximate surface area is 145 Å². The first-order valence-electron chi connectivity index (χ1n) is 7.78.